The molecule has 0 spiro atoms. The second-order valence-corrected chi connectivity index (χ2v) is 6.06. The summed E-state index contributed by atoms with van der Waals surface area (Å²) in [6, 6.07) is 0. The Labute approximate surface area is 136 Å². The lowest BCUT2D eigenvalue weighted by molar-refractivity contribution is 0.597. The summed E-state index contributed by atoms with van der Waals surface area (Å²) in [7, 11) is -3.41. The van der Waals surface area contributed by atoms with Gasteiger partial charge in [0.15, 0.2) is 0 Å². The minimum Gasteiger partial charge on any atom is -0.287 e. The van der Waals surface area contributed by atoms with Crippen molar-refractivity contribution in [1.82, 2.24) is 4.72 Å². The Morgan fingerprint density at radius 3 is 2.32 bits per heavy atom. The molecule has 0 fully saturated rings. The lowest BCUT2D eigenvalue weighted by Crippen LogP contribution is -2.18. The molecule has 1 rings (SSSR count). The third kappa shape index (κ3) is 10.9. The van der Waals surface area contributed by atoms with Crippen molar-refractivity contribution in [2.75, 3.05) is 0 Å². The molecule has 0 saturated heterocycles. The molecule has 0 heterocycles. The van der Waals surface area contributed by atoms with Crippen LogP contribution in [0.3, 0.4) is 0 Å². The Hall–Kier alpha value is -1.81. The van der Waals surface area contributed by atoms with Crippen molar-refractivity contribution in [3.8, 4) is 0 Å². The number of rotatable bonds is 4. The van der Waals surface area contributed by atoms with Crippen LogP contribution in [0.15, 0.2) is 72.4 Å². The van der Waals surface area contributed by atoms with Crippen LogP contribution in [0.5, 0.6) is 0 Å². The first kappa shape index (κ1) is 22.5. The number of hydrogen-bond acceptors (Lipinski definition) is 2. The van der Waals surface area contributed by atoms with E-state index in [1.54, 1.807) is 37.3 Å². The molecule has 0 aromatic rings. The van der Waals surface area contributed by atoms with Crippen molar-refractivity contribution in [1.29, 1.82) is 0 Å². The maximum Gasteiger partial charge on any atom is 0.261 e. The number of nitrogens with one attached hydrogen (secondary N) is 1. The Balaban J connectivity index is 0. The van der Waals surface area contributed by atoms with E-state index in [1.807, 2.05) is 39.8 Å². The fourth-order valence-electron chi connectivity index (χ4n) is 1.10. The highest BCUT2D eigenvalue weighted by atomic mass is 32.2. The molecule has 22 heavy (non-hydrogen) atoms. The SMILES string of the molecule is C/C=C/NS(=O)(=O)C1=CC=CC(C)C=C1.C=CC(=C)C.CC. The lowest BCUT2D eigenvalue weighted by Gasteiger charge is -2.03. The monoisotopic (exact) mass is 323 g/mol. The molecule has 0 aromatic carbocycles. The van der Waals surface area contributed by atoms with Crippen LogP contribution in [0, 0.1) is 5.92 Å². The quantitative estimate of drug-likeness (QED) is 0.751. The van der Waals surface area contributed by atoms with Gasteiger partial charge in [-0.05, 0) is 31.9 Å². The average molecular weight is 324 g/mol. The molecule has 0 radical (unpaired) electrons. The van der Waals surface area contributed by atoms with Gasteiger partial charge < -0.3 is 0 Å². The van der Waals surface area contributed by atoms with Gasteiger partial charge in [-0.1, -0.05) is 69.9 Å². The topological polar surface area (TPSA) is 46.2 Å². The predicted octanol–water partition coefficient (Wildman–Crippen LogP) is 4.86. The van der Waals surface area contributed by atoms with Crippen LogP contribution in [0.4, 0.5) is 0 Å². The molecule has 1 aliphatic carbocycles. The zero-order chi connectivity index (χ0) is 17.6. The first-order chi connectivity index (χ1) is 10.3. The van der Waals surface area contributed by atoms with Crippen molar-refractivity contribution in [3.63, 3.8) is 0 Å². The molecular formula is C18H29NO2S. The van der Waals surface area contributed by atoms with Gasteiger partial charge in [0, 0.05) is 6.20 Å². The van der Waals surface area contributed by atoms with Gasteiger partial charge in [0.05, 0.1) is 4.91 Å². The third-order valence-corrected chi connectivity index (χ3v) is 3.63. The standard InChI is InChI=1S/C11H15NO2S.C5H8.C2H6/c1-3-9-12-15(13,14)11-6-4-5-10(2)7-8-11;1-4-5(2)3;1-2/h3-10,12H,1-2H3;4H,1-2H2,3H3;1-2H3/b9-3+;;. The van der Waals surface area contributed by atoms with Gasteiger partial charge in [0.2, 0.25) is 0 Å². The van der Waals surface area contributed by atoms with Gasteiger partial charge in [-0.3, -0.25) is 4.72 Å². The van der Waals surface area contributed by atoms with E-state index in [0.717, 1.165) is 5.57 Å². The van der Waals surface area contributed by atoms with Crippen molar-refractivity contribution >= 4 is 10.0 Å². The van der Waals surface area contributed by atoms with Gasteiger partial charge in [0.25, 0.3) is 10.0 Å². The molecule has 0 saturated carbocycles. The zero-order valence-electron chi connectivity index (χ0n) is 14.3. The van der Waals surface area contributed by atoms with E-state index in [1.165, 1.54) is 6.20 Å². The average Bonchev–Trinajstić information content (AvgIpc) is 2.73. The predicted molar refractivity (Wildman–Crippen MR) is 98.8 cm³/mol. The van der Waals surface area contributed by atoms with Crippen molar-refractivity contribution in [3.05, 3.63) is 72.4 Å². The lowest BCUT2D eigenvalue weighted by atomic mass is 10.2. The van der Waals surface area contributed by atoms with Gasteiger partial charge in [-0.2, -0.15) is 0 Å². The first-order valence-corrected chi connectivity index (χ1v) is 8.80. The fourth-order valence-corrected chi connectivity index (χ4v) is 2.06. The van der Waals surface area contributed by atoms with Crippen LogP contribution in [0.2, 0.25) is 0 Å². The third-order valence-electron chi connectivity index (χ3n) is 2.29. The smallest absolute Gasteiger partial charge is 0.261 e. The molecule has 124 valence electrons. The molecule has 0 amide bonds. The first-order valence-electron chi connectivity index (χ1n) is 7.31. The highest BCUT2D eigenvalue weighted by Gasteiger charge is 2.13. The summed E-state index contributed by atoms with van der Waals surface area (Å²) in [6.45, 7) is 16.7. The van der Waals surface area contributed by atoms with Crippen LogP contribution in [-0.4, -0.2) is 8.42 Å². The molecule has 0 bridgehead atoms. The molecule has 1 atom stereocenters. The van der Waals surface area contributed by atoms with Crippen molar-refractivity contribution in [2.24, 2.45) is 5.92 Å². The Morgan fingerprint density at radius 1 is 1.32 bits per heavy atom. The summed E-state index contributed by atoms with van der Waals surface area (Å²) in [6.07, 6.45) is 13.5. The second-order valence-electron chi connectivity index (χ2n) is 4.34. The molecule has 0 aliphatic heterocycles. The van der Waals surface area contributed by atoms with E-state index in [9.17, 15) is 8.42 Å². The van der Waals surface area contributed by atoms with E-state index in [0.29, 0.717) is 0 Å². The number of allylic oxidation sites excluding steroid dienone is 8. The van der Waals surface area contributed by atoms with E-state index < -0.39 is 10.0 Å². The van der Waals surface area contributed by atoms with Gasteiger partial charge in [-0.25, -0.2) is 8.42 Å². The van der Waals surface area contributed by atoms with Crippen LogP contribution < -0.4 is 4.72 Å². The number of hydrogen-bond donors (Lipinski definition) is 1. The highest BCUT2D eigenvalue weighted by Crippen LogP contribution is 2.13. The maximum absolute atomic E-state index is 11.7. The highest BCUT2D eigenvalue weighted by molar-refractivity contribution is 7.93. The molecule has 1 N–H and O–H groups in total. The maximum atomic E-state index is 11.7. The normalized spacial score (nSPS) is 16.4. The van der Waals surface area contributed by atoms with Crippen molar-refractivity contribution in [2.45, 2.75) is 34.6 Å². The largest absolute Gasteiger partial charge is 0.287 e. The molecule has 0 aromatic heterocycles. The molecule has 1 aliphatic rings. The summed E-state index contributed by atoms with van der Waals surface area (Å²) >= 11 is 0. The fraction of sp³-hybridized carbons (Fsp3) is 0.333. The molecular weight excluding hydrogens is 294 g/mol. The summed E-state index contributed by atoms with van der Waals surface area (Å²) in [5.74, 6) is 0.260. The summed E-state index contributed by atoms with van der Waals surface area (Å²) in [5, 5.41) is 0. The molecule has 1 unspecified atom stereocenters. The summed E-state index contributed by atoms with van der Waals surface area (Å²) in [4.78, 5) is 0.279. The summed E-state index contributed by atoms with van der Waals surface area (Å²) in [5.41, 5.74) is 1.02. The van der Waals surface area contributed by atoms with E-state index in [2.05, 4.69) is 17.9 Å². The second kappa shape index (κ2) is 12.9. The van der Waals surface area contributed by atoms with E-state index in [4.69, 9.17) is 0 Å². The van der Waals surface area contributed by atoms with Gasteiger partial charge in [-0.15, -0.1) is 0 Å². The van der Waals surface area contributed by atoms with E-state index in [-0.39, 0.29) is 10.8 Å². The molecule has 3 nitrogen and oxygen atoms in total. The van der Waals surface area contributed by atoms with Crippen LogP contribution in [0.1, 0.15) is 34.6 Å². The van der Waals surface area contributed by atoms with Crippen LogP contribution in [-0.2, 0) is 10.0 Å². The van der Waals surface area contributed by atoms with Gasteiger partial charge >= 0.3 is 0 Å². The van der Waals surface area contributed by atoms with Crippen molar-refractivity contribution < 1.29 is 8.42 Å². The zero-order valence-corrected chi connectivity index (χ0v) is 15.2. The minimum atomic E-state index is -3.41. The Morgan fingerprint density at radius 2 is 1.86 bits per heavy atom. The Bertz CT molecular complexity index is 550. The minimum absolute atomic E-state index is 0.260. The summed E-state index contributed by atoms with van der Waals surface area (Å²) < 4.78 is 25.7. The Kier molecular flexibility index (Phi) is 13.2. The van der Waals surface area contributed by atoms with Crippen LogP contribution in [0.25, 0.3) is 0 Å². The molecule has 4 heteroatoms. The van der Waals surface area contributed by atoms with E-state index >= 15 is 0 Å². The van der Waals surface area contributed by atoms with Gasteiger partial charge in [0.1, 0.15) is 0 Å². The van der Waals surface area contributed by atoms with Crippen LogP contribution >= 0.6 is 0 Å². The number of sulfonamides is 1.